The minimum atomic E-state index is -4.79. The number of halogens is 3. The normalized spacial score (nSPS) is 14.5. The molecule has 1 fully saturated rings. The van der Waals surface area contributed by atoms with Crippen LogP contribution >= 0.6 is 0 Å². The average Bonchev–Trinajstić information content (AvgIpc) is 3.29. The van der Waals surface area contributed by atoms with Crippen molar-refractivity contribution in [3.63, 3.8) is 0 Å². The molecule has 2 heterocycles. The van der Waals surface area contributed by atoms with Gasteiger partial charge in [0.05, 0.1) is 5.39 Å². The third kappa shape index (κ3) is 4.82. The molecule has 0 spiro atoms. The molecular weight excluding hydrogens is 453 g/mol. The number of amides is 1. The van der Waals surface area contributed by atoms with E-state index < -0.39 is 23.4 Å². The fourth-order valence-electron chi connectivity index (χ4n) is 4.06. The predicted octanol–water partition coefficient (Wildman–Crippen LogP) is 4.30. The number of aromatic nitrogens is 3. The van der Waals surface area contributed by atoms with Gasteiger partial charge in [0.25, 0.3) is 0 Å². The quantitative estimate of drug-likeness (QED) is 0.524. The first-order chi connectivity index (χ1) is 15.9. The highest BCUT2D eigenvalue weighted by molar-refractivity contribution is 5.90. The fraction of sp³-hybridized carbons (Fsp3) is 0.391. The Kier molecular flexibility index (Phi) is 5.96. The van der Waals surface area contributed by atoms with E-state index in [1.54, 1.807) is 12.1 Å². The van der Waals surface area contributed by atoms with Gasteiger partial charge in [0.15, 0.2) is 0 Å². The maximum atomic E-state index is 13.4. The van der Waals surface area contributed by atoms with Crippen molar-refractivity contribution >= 4 is 17.0 Å². The molecule has 3 aromatic rings. The second-order valence-corrected chi connectivity index (χ2v) is 9.02. The smallest absolute Gasteiger partial charge is 0.406 e. The molecule has 0 aliphatic carbocycles. The summed E-state index contributed by atoms with van der Waals surface area (Å²) in [5.41, 5.74) is 0.889. The van der Waals surface area contributed by atoms with Gasteiger partial charge in [0, 0.05) is 13.1 Å². The Morgan fingerprint density at radius 3 is 2.24 bits per heavy atom. The largest absolute Gasteiger partial charge is 0.573 e. The Labute approximate surface area is 192 Å². The highest BCUT2D eigenvalue weighted by Gasteiger charge is 2.31. The molecule has 11 heteroatoms. The van der Waals surface area contributed by atoms with E-state index >= 15 is 0 Å². The third-order valence-electron chi connectivity index (χ3n) is 5.48. The first kappa shape index (κ1) is 23.5. The molecular formula is C23H23F3N4O4. The van der Waals surface area contributed by atoms with Crippen LogP contribution in [0.15, 0.2) is 41.2 Å². The lowest BCUT2D eigenvalue weighted by Crippen LogP contribution is -2.41. The van der Waals surface area contributed by atoms with Gasteiger partial charge < -0.3 is 9.64 Å². The van der Waals surface area contributed by atoms with Crippen LogP contribution in [0.25, 0.3) is 22.0 Å². The molecule has 0 saturated carbocycles. The molecule has 2 aromatic carbocycles. The number of fused-ring (bicyclic) bond motifs is 1. The monoisotopic (exact) mass is 476 g/mol. The van der Waals surface area contributed by atoms with Gasteiger partial charge in [0.1, 0.15) is 11.3 Å². The summed E-state index contributed by atoms with van der Waals surface area (Å²) in [7, 11) is 0. The fourth-order valence-corrected chi connectivity index (χ4v) is 4.06. The Morgan fingerprint density at radius 2 is 1.65 bits per heavy atom. The van der Waals surface area contributed by atoms with E-state index in [4.69, 9.17) is 4.84 Å². The minimum Gasteiger partial charge on any atom is -0.406 e. The van der Waals surface area contributed by atoms with Crippen molar-refractivity contribution in [2.24, 2.45) is 0 Å². The second-order valence-electron chi connectivity index (χ2n) is 9.02. The van der Waals surface area contributed by atoms with Crippen molar-refractivity contribution in [1.29, 1.82) is 0 Å². The summed E-state index contributed by atoms with van der Waals surface area (Å²) < 4.78 is 41.5. The van der Waals surface area contributed by atoms with Crippen LogP contribution in [0, 0.1) is 0 Å². The molecule has 1 aliphatic rings. The molecule has 0 N–H and O–H groups in total. The van der Waals surface area contributed by atoms with Gasteiger partial charge in [-0.25, -0.2) is 4.79 Å². The van der Waals surface area contributed by atoms with Gasteiger partial charge in [0.2, 0.25) is 0 Å². The molecule has 1 aromatic heterocycles. The van der Waals surface area contributed by atoms with Crippen LogP contribution in [0.2, 0.25) is 0 Å². The number of alkyl halides is 3. The number of hydrogen-bond donors (Lipinski definition) is 0. The van der Waals surface area contributed by atoms with Crippen molar-refractivity contribution in [3.8, 4) is 16.9 Å². The van der Waals surface area contributed by atoms with Crippen molar-refractivity contribution in [3.05, 3.63) is 52.3 Å². The van der Waals surface area contributed by atoms with Crippen LogP contribution in [0.1, 0.15) is 39.2 Å². The number of hydrogen-bond acceptors (Lipinski definition) is 6. The van der Waals surface area contributed by atoms with Crippen molar-refractivity contribution in [1.82, 2.24) is 20.1 Å². The van der Waals surface area contributed by atoms with Gasteiger partial charge in [-0.2, -0.15) is 0 Å². The van der Waals surface area contributed by atoms with E-state index in [1.165, 1.54) is 29.2 Å². The van der Waals surface area contributed by atoms with Crippen LogP contribution in [0.5, 0.6) is 5.75 Å². The number of benzene rings is 2. The van der Waals surface area contributed by atoms with Crippen LogP contribution in [-0.4, -0.2) is 45.6 Å². The number of nitrogens with zero attached hydrogens (tertiary/aromatic N) is 4. The summed E-state index contributed by atoms with van der Waals surface area (Å²) >= 11 is 0. The number of carbonyl (C=O) groups is 1. The zero-order chi connectivity index (χ0) is 24.7. The predicted molar refractivity (Wildman–Crippen MR) is 117 cm³/mol. The first-order valence-corrected chi connectivity index (χ1v) is 10.7. The van der Waals surface area contributed by atoms with E-state index in [9.17, 15) is 22.8 Å². The zero-order valence-corrected chi connectivity index (χ0v) is 18.8. The number of likely N-dealkylation sites (tertiary alicyclic amines) is 1. The highest BCUT2D eigenvalue weighted by atomic mass is 19.4. The average molecular weight is 476 g/mol. The number of rotatable bonds is 3. The molecule has 180 valence electrons. The lowest BCUT2D eigenvalue weighted by molar-refractivity contribution is -0.274. The lowest BCUT2D eigenvalue weighted by atomic mass is 9.79. The number of ether oxygens (including phenoxy) is 1. The van der Waals surface area contributed by atoms with E-state index in [2.05, 4.69) is 15.0 Å². The second kappa shape index (κ2) is 8.62. The standard InChI is InChI=1S/C23H23F3N4O4/c1-22(2,3)19-16(14-6-8-15(9-7-14)33-23(24,25)26)10-11-17-18(19)20(31)30(28-27-17)34-21(32)29-12-4-5-13-29/h6-11H,4-5,12-13H2,1-3H3. The topological polar surface area (TPSA) is 86.6 Å². The Balaban J connectivity index is 1.81. The zero-order valence-electron chi connectivity index (χ0n) is 18.8. The Hall–Kier alpha value is -3.63. The first-order valence-electron chi connectivity index (χ1n) is 10.7. The summed E-state index contributed by atoms with van der Waals surface area (Å²) in [5.74, 6) is -0.351. The molecule has 0 radical (unpaired) electrons. The van der Waals surface area contributed by atoms with Crippen molar-refractivity contribution in [2.75, 3.05) is 13.1 Å². The molecule has 34 heavy (non-hydrogen) atoms. The van der Waals surface area contributed by atoms with Gasteiger partial charge in [-0.05, 0) is 63.2 Å². The molecule has 0 atom stereocenters. The third-order valence-corrected chi connectivity index (χ3v) is 5.48. The molecule has 1 saturated heterocycles. The lowest BCUT2D eigenvalue weighted by Gasteiger charge is -2.25. The summed E-state index contributed by atoms with van der Waals surface area (Å²) in [6, 6.07) is 8.72. The van der Waals surface area contributed by atoms with Crippen LogP contribution in [0.3, 0.4) is 0 Å². The Bertz CT molecular complexity index is 1270. The van der Waals surface area contributed by atoms with E-state index in [0.29, 0.717) is 40.1 Å². The summed E-state index contributed by atoms with van der Waals surface area (Å²) in [4.78, 5) is 33.0. The maximum absolute atomic E-state index is 13.4. The summed E-state index contributed by atoms with van der Waals surface area (Å²) in [6.07, 6.45) is -3.76. The van der Waals surface area contributed by atoms with Gasteiger partial charge in [-0.3, -0.25) is 9.63 Å². The van der Waals surface area contributed by atoms with Gasteiger partial charge in [-0.1, -0.05) is 39.0 Å². The Morgan fingerprint density at radius 1 is 1.00 bits per heavy atom. The molecule has 1 aliphatic heterocycles. The van der Waals surface area contributed by atoms with Gasteiger partial charge in [-0.15, -0.1) is 18.3 Å². The van der Waals surface area contributed by atoms with Crippen LogP contribution in [0.4, 0.5) is 18.0 Å². The SMILES string of the molecule is CC(C)(C)c1c(-c2ccc(OC(F)(F)F)cc2)ccc2nnn(OC(=O)N3CCCC3)c(=O)c12. The number of carbonyl (C=O) groups excluding carboxylic acids is 1. The van der Waals surface area contributed by atoms with E-state index in [0.717, 1.165) is 12.8 Å². The summed E-state index contributed by atoms with van der Waals surface area (Å²) in [5, 5.41) is 8.02. The molecule has 0 bridgehead atoms. The maximum Gasteiger partial charge on any atom is 0.573 e. The van der Waals surface area contributed by atoms with Crippen LogP contribution in [-0.2, 0) is 5.41 Å². The van der Waals surface area contributed by atoms with E-state index in [-0.39, 0.29) is 11.1 Å². The van der Waals surface area contributed by atoms with Crippen molar-refractivity contribution < 1.29 is 27.5 Å². The molecule has 0 unspecified atom stereocenters. The highest BCUT2D eigenvalue weighted by Crippen LogP contribution is 2.37. The minimum absolute atomic E-state index is 0.213. The van der Waals surface area contributed by atoms with Crippen molar-refractivity contribution in [2.45, 2.75) is 45.4 Å². The molecule has 4 rings (SSSR count). The van der Waals surface area contributed by atoms with Crippen LogP contribution < -0.4 is 15.1 Å². The summed E-state index contributed by atoms with van der Waals surface area (Å²) in [6.45, 7) is 6.77. The van der Waals surface area contributed by atoms with E-state index in [1.807, 2.05) is 20.8 Å². The molecule has 8 nitrogen and oxygen atoms in total. The van der Waals surface area contributed by atoms with Gasteiger partial charge >= 0.3 is 18.0 Å². The molecule has 1 amide bonds.